The molecule has 18 heavy (non-hydrogen) atoms. The molecule has 0 radical (unpaired) electrons. The Kier molecular flexibility index (Phi) is 3.67. The zero-order chi connectivity index (χ0) is 13.0. The first-order valence-corrected chi connectivity index (χ1v) is 5.64. The van der Waals surface area contributed by atoms with E-state index in [2.05, 4.69) is 0 Å². The number of nitrogen functional groups attached to an aromatic ring is 1. The summed E-state index contributed by atoms with van der Waals surface area (Å²) in [5.74, 6) is 1.32. The molecular weight excluding hydrogens is 233 g/mol. The van der Waals surface area contributed by atoms with Crippen LogP contribution < -0.4 is 15.2 Å². The number of anilines is 1. The van der Waals surface area contributed by atoms with Gasteiger partial charge in [0.05, 0.1) is 6.61 Å². The van der Waals surface area contributed by atoms with Crippen LogP contribution in [0.25, 0.3) is 0 Å². The largest absolute Gasteiger partial charge is 0.494 e. The molecule has 2 rings (SSSR count). The van der Waals surface area contributed by atoms with Crippen molar-refractivity contribution in [3.05, 3.63) is 48.3 Å². The Balaban J connectivity index is 2.13. The van der Waals surface area contributed by atoms with E-state index in [4.69, 9.17) is 15.2 Å². The molecule has 0 bridgehead atoms. The van der Waals surface area contributed by atoms with Crippen LogP contribution in [0.15, 0.2) is 42.5 Å². The highest BCUT2D eigenvalue weighted by molar-refractivity contribution is 5.46. The summed E-state index contributed by atoms with van der Waals surface area (Å²) in [6, 6.07) is 11.2. The number of hydrogen-bond donors (Lipinski definition) is 1. The van der Waals surface area contributed by atoms with Gasteiger partial charge in [0.1, 0.15) is 23.1 Å². The van der Waals surface area contributed by atoms with E-state index in [1.807, 2.05) is 6.92 Å². The van der Waals surface area contributed by atoms with Crippen LogP contribution in [-0.2, 0) is 0 Å². The summed E-state index contributed by atoms with van der Waals surface area (Å²) >= 11 is 0. The Morgan fingerprint density at radius 3 is 2.28 bits per heavy atom. The van der Waals surface area contributed by atoms with Crippen LogP contribution in [0.2, 0.25) is 0 Å². The lowest BCUT2D eigenvalue weighted by Gasteiger charge is -2.08. The fourth-order valence-corrected chi connectivity index (χ4v) is 1.55. The van der Waals surface area contributed by atoms with Crippen molar-refractivity contribution in [1.29, 1.82) is 0 Å². The first kappa shape index (κ1) is 12.2. The number of hydrogen-bond acceptors (Lipinski definition) is 3. The first-order chi connectivity index (χ1) is 8.67. The Bertz CT molecular complexity index is 506. The van der Waals surface area contributed by atoms with Crippen LogP contribution in [0, 0.1) is 5.82 Å². The zero-order valence-corrected chi connectivity index (χ0v) is 10.0. The van der Waals surface area contributed by atoms with Crippen molar-refractivity contribution in [3.8, 4) is 17.2 Å². The van der Waals surface area contributed by atoms with E-state index >= 15 is 0 Å². The molecule has 0 fully saturated rings. The van der Waals surface area contributed by atoms with Crippen molar-refractivity contribution in [2.75, 3.05) is 12.3 Å². The standard InChI is InChI=1S/C14H14FNO2/c1-2-17-12-3-5-13(6-4-12)18-14-8-10(15)7-11(16)9-14/h3-9H,2,16H2,1H3. The summed E-state index contributed by atoms with van der Waals surface area (Å²) in [7, 11) is 0. The highest BCUT2D eigenvalue weighted by Crippen LogP contribution is 2.26. The predicted octanol–water partition coefficient (Wildman–Crippen LogP) is 3.60. The van der Waals surface area contributed by atoms with Gasteiger partial charge in [-0.2, -0.15) is 0 Å². The maximum absolute atomic E-state index is 13.1. The average molecular weight is 247 g/mol. The van der Waals surface area contributed by atoms with Gasteiger partial charge in [-0.05, 0) is 37.3 Å². The molecule has 0 spiro atoms. The van der Waals surface area contributed by atoms with Gasteiger partial charge in [0.25, 0.3) is 0 Å². The fourth-order valence-electron chi connectivity index (χ4n) is 1.55. The summed E-state index contributed by atoms with van der Waals surface area (Å²) < 4.78 is 23.9. The van der Waals surface area contributed by atoms with E-state index in [1.54, 1.807) is 30.3 Å². The van der Waals surface area contributed by atoms with Gasteiger partial charge in [0.2, 0.25) is 0 Å². The van der Waals surface area contributed by atoms with Crippen molar-refractivity contribution >= 4 is 5.69 Å². The molecule has 2 aromatic rings. The molecule has 0 aliphatic rings. The average Bonchev–Trinajstić information content (AvgIpc) is 2.31. The van der Waals surface area contributed by atoms with E-state index < -0.39 is 5.82 Å². The second kappa shape index (κ2) is 5.40. The number of nitrogens with two attached hydrogens (primary N) is 1. The Morgan fingerprint density at radius 1 is 1.00 bits per heavy atom. The summed E-state index contributed by atoms with van der Waals surface area (Å²) in [5.41, 5.74) is 5.87. The lowest BCUT2D eigenvalue weighted by Crippen LogP contribution is -1.92. The van der Waals surface area contributed by atoms with Gasteiger partial charge >= 0.3 is 0 Å². The first-order valence-electron chi connectivity index (χ1n) is 5.64. The van der Waals surface area contributed by atoms with Gasteiger partial charge in [-0.25, -0.2) is 4.39 Å². The maximum Gasteiger partial charge on any atom is 0.132 e. The molecule has 4 heteroatoms. The topological polar surface area (TPSA) is 44.5 Å². The minimum absolute atomic E-state index is 0.330. The molecule has 0 saturated carbocycles. The van der Waals surface area contributed by atoms with E-state index in [0.717, 1.165) is 5.75 Å². The van der Waals surface area contributed by atoms with E-state index in [1.165, 1.54) is 12.1 Å². The molecule has 0 saturated heterocycles. The number of rotatable bonds is 4. The van der Waals surface area contributed by atoms with Crippen LogP contribution in [0.4, 0.5) is 10.1 Å². The molecule has 0 unspecified atom stereocenters. The molecule has 0 heterocycles. The molecule has 3 nitrogen and oxygen atoms in total. The lowest BCUT2D eigenvalue weighted by molar-refractivity contribution is 0.339. The predicted molar refractivity (Wildman–Crippen MR) is 68.5 cm³/mol. The summed E-state index contributed by atoms with van der Waals surface area (Å²) in [6.45, 7) is 2.53. The number of benzene rings is 2. The highest BCUT2D eigenvalue weighted by Gasteiger charge is 2.02. The third-order valence-electron chi connectivity index (χ3n) is 2.26. The van der Waals surface area contributed by atoms with Gasteiger partial charge in [-0.3, -0.25) is 0 Å². The van der Waals surface area contributed by atoms with Gasteiger partial charge in [-0.1, -0.05) is 0 Å². The normalized spacial score (nSPS) is 10.1. The minimum Gasteiger partial charge on any atom is -0.494 e. The van der Waals surface area contributed by atoms with Gasteiger partial charge in [-0.15, -0.1) is 0 Å². The van der Waals surface area contributed by atoms with Gasteiger partial charge in [0, 0.05) is 17.8 Å². The quantitative estimate of drug-likeness (QED) is 0.839. The van der Waals surface area contributed by atoms with Crippen molar-refractivity contribution < 1.29 is 13.9 Å². The summed E-state index contributed by atoms with van der Waals surface area (Å²) in [4.78, 5) is 0. The van der Waals surface area contributed by atoms with Crippen LogP contribution >= 0.6 is 0 Å². The monoisotopic (exact) mass is 247 g/mol. The van der Waals surface area contributed by atoms with E-state index in [-0.39, 0.29) is 0 Å². The SMILES string of the molecule is CCOc1ccc(Oc2cc(N)cc(F)c2)cc1. The highest BCUT2D eigenvalue weighted by atomic mass is 19.1. The van der Waals surface area contributed by atoms with Crippen LogP contribution in [-0.4, -0.2) is 6.61 Å². The van der Waals surface area contributed by atoms with Crippen LogP contribution in [0.5, 0.6) is 17.2 Å². The molecule has 0 aromatic heterocycles. The number of ether oxygens (including phenoxy) is 2. The third-order valence-corrected chi connectivity index (χ3v) is 2.26. The van der Waals surface area contributed by atoms with Crippen molar-refractivity contribution in [2.45, 2.75) is 6.92 Å². The zero-order valence-electron chi connectivity index (χ0n) is 10.0. The minimum atomic E-state index is -0.420. The Hall–Kier alpha value is -2.23. The lowest BCUT2D eigenvalue weighted by atomic mass is 10.3. The molecular formula is C14H14FNO2. The van der Waals surface area contributed by atoms with Crippen molar-refractivity contribution in [1.82, 2.24) is 0 Å². The molecule has 94 valence electrons. The van der Waals surface area contributed by atoms with Gasteiger partial charge < -0.3 is 15.2 Å². The second-order valence-corrected chi connectivity index (χ2v) is 3.73. The Labute approximate surface area is 105 Å². The molecule has 2 N–H and O–H groups in total. The van der Waals surface area contributed by atoms with E-state index in [0.29, 0.717) is 23.8 Å². The maximum atomic E-state index is 13.1. The second-order valence-electron chi connectivity index (χ2n) is 3.73. The fraction of sp³-hybridized carbons (Fsp3) is 0.143. The molecule has 0 amide bonds. The number of halogens is 1. The molecule has 0 aliphatic heterocycles. The van der Waals surface area contributed by atoms with Crippen LogP contribution in [0.1, 0.15) is 6.92 Å². The summed E-state index contributed by atoms with van der Waals surface area (Å²) in [6.07, 6.45) is 0. The van der Waals surface area contributed by atoms with Crippen molar-refractivity contribution in [3.63, 3.8) is 0 Å². The Morgan fingerprint density at radius 2 is 1.67 bits per heavy atom. The van der Waals surface area contributed by atoms with Crippen molar-refractivity contribution in [2.24, 2.45) is 0 Å². The van der Waals surface area contributed by atoms with Gasteiger partial charge in [0.15, 0.2) is 0 Å². The van der Waals surface area contributed by atoms with E-state index in [9.17, 15) is 4.39 Å². The third kappa shape index (κ3) is 3.13. The molecule has 2 aromatic carbocycles. The summed E-state index contributed by atoms with van der Waals surface area (Å²) in [5, 5.41) is 0. The molecule has 0 aliphatic carbocycles. The smallest absolute Gasteiger partial charge is 0.132 e. The molecule has 0 atom stereocenters. The van der Waals surface area contributed by atoms with Crippen LogP contribution in [0.3, 0.4) is 0 Å².